The second-order valence-corrected chi connectivity index (χ2v) is 5.03. The number of rotatable bonds is 3. The van der Waals surface area contributed by atoms with Gasteiger partial charge < -0.3 is 0 Å². The maximum atomic E-state index is 6.00. The summed E-state index contributed by atoms with van der Waals surface area (Å²) in [7, 11) is 0. The topological polar surface area (TPSA) is 37.3 Å². The zero-order chi connectivity index (χ0) is 12.3. The summed E-state index contributed by atoms with van der Waals surface area (Å²) in [5.74, 6) is 0. The summed E-state index contributed by atoms with van der Waals surface area (Å²) in [6.45, 7) is 1.93. The highest BCUT2D eigenvalue weighted by atomic mass is 35.5. The van der Waals surface area contributed by atoms with Gasteiger partial charge in [0, 0.05) is 16.0 Å². The smallest absolute Gasteiger partial charge is 0.203 e. The molecule has 3 nitrogen and oxygen atoms in total. The van der Waals surface area contributed by atoms with E-state index in [1.807, 2.05) is 18.4 Å². The van der Waals surface area contributed by atoms with Gasteiger partial charge in [0.05, 0.1) is 16.9 Å². The zero-order valence-electron chi connectivity index (χ0n) is 8.95. The molecule has 1 N–H and O–H groups in total. The molecule has 2 aromatic rings. The first kappa shape index (κ1) is 12.4. The Morgan fingerprint density at radius 1 is 1.41 bits per heavy atom. The summed E-state index contributed by atoms with van der Waals surface area (Å²) in [6, 6.07) is 5.25. The van der Waals surface area contributed by atoms with Crippen LogP contribution < -0.4 is 5.43 Å². The molecule has 0 saturated heterocycles. The number of nitrogens with zero attached hydrogens (tertiary/aromatic N) is 2. The first-order valence-corrected chi connectivity index (χ1v) is 6.45. The number of halogens is 2. The molecule has 88 valence electrons. The van der Waals surface area contributed by atoms with Gasteiger partial charge in [-0.05, 0) is 19.1 Å². The minimum absolute atomic E-state index is 0.568. The van der Waals surface area contributed by atoms with E-state index < -0.39 is 0 Å². The van der Waals surface area contributed by atoms with E-state index in [1.54, 1.807) is 18.3 Å². The average molecular weight is 286 g/mol. The van der Waals surface area contributed by atoms with Crippen molar-refractivity contribution in [2.45, 2.75) is 6.92 Å². The van der Waals surface area contributed by atoms with Crippen molar-refractivity contribution < 1.29 is 0 Å². The molecule has 1 aromatic heterocycles. The molecule has 0 atom stereocenters. The molecule has 0 amide bonds. The van der Waals surface area contributed by atoms with Gasteiger partial charge in [-0.25, -0.2) is 4.98 Å². The van der Waals surface area contributed by atoms with Gasteiger partial charge in [-0.15, -0.1) is 11.3 Å². The molecule has 2 rings (SSSR count). The van der Waals surface area contributed by atoms with Gasteiger partial charge in [-0.1, -0.05) is 29.3 Å². The van der Waals surface area contributed by atoms with E-state index in [9.17, 15) is 0 Å². The van der Waals surface area contributed by atoms with E-state index >= 15 is 0 Å². The van der Waals surface area contributed by atoms with Gasteiger partial charge >= 0.3 is 0 Å². The van der Waals surface area contributed by atoms with Crippen LogP contribution in [0.4, 0.5) is 5.13 Å². The molecule has 0 saturated carbocycles. The van der Waals surface area contributed by atoms with Crippen molar-refractivity contribution in [1.82, 2.24) is 4.98 Å². The van der Waals surface area contributed by atoms with E-state index in [0.29, 0.717) is 10.0 Å². The molecule has 6 heteroatoms. The first-order chi connectivity index (χ1) is 8.15. The van der Waals surface area contributed by atoms with Crippen molar-refractivity contribution in [2.24, 2.45) is 5.10 Å². The predicted octanol–water partition coefficient (Wildman–Crippen LogP) is 4.20. The minimum atomic E-state index is 0.568. The molecular formula is C11H9Cl2N3S. The molecule has 1 heterocycles. The quantitative estimate of drug-likeness (QED) is 0.678. The van der Waals surface area contributed by atoms with Crippen LogP contribution in [0.3, 0.4) is 0 Å². The Hall–Kier alpha value is -1.10. The Bertz CT molecular complexity index is 551. The number of anilines is 1. The standard InChI is InChI=1S/C11H9Cl2N3S/c1-7-6-17-11(15-7)16-14-5-8-2-3-9(12)4-10(8)13/h2-6H,1H3,(H,15,16)/b14-5+. The highest BCUT2D eigenvalue weighted by molar-refractivity contribution is 7.13. The highest BCUT2D eigenvalue weighted by Crippen LogP contribution is 2.19. The lowest BCUT2D eigenvalue weighted by molar-refractivity contribution is 1.22. The van der Waals surface area contributed by atoms with Gasteiger partial charge in [0.15, 0.2) is 0 Å². The Labute approximate surface area is 113 Å². The third kappa shape index (κ3) is 3.43. The molecule has 0 fully saturated rings. The molecule has 1 aromatic carbocycles. The lowest BCUT2D eigenvalue weighted by Crippen LogP contribution is -1.90. The molecule has 0 aliphatic rings. The van der Waals surface area contributed by atoms with Gasteiger partial charge in [-0.2, -0.15) is 5.10 Å². The SMILES string of the molecule is Cc1csc(N/N=C/c2ccc(Cl)cc2Cl)n1. The number of hydrogen-bond acceptors (Lipinski definition) is 4. The normalized spacial score (nSPS) is 11.0. The highest BCUT2D eigenvalue weighted by Gasteiger charge is 1.98. The molecule has 0 unspecified atom stereocenters. The molecular weight excluding hydrogens is 277 g/mol. The van der Waals surface area contributed by atoms with Crippen LogP contribution in [-0.2, 0) is 0 Å². The minimum Gasteiger partial charge on any atom is -0.253 e. The van der Waals surface area contributed by atoms with Gasteiger partial charge in [0.2, 0.25) is 5.13 Å². The van der Waals surface area contributed by atoms with Crippen LogP contribution in [0.1, 0.15) is 11.3 Å². The van der Waals surface area contributed by atoms with Gasteiger partial charge in [0.1, 0.15) is 0 Å². The van der Waals surface area contributed by atoms with Crippen molar-refractivity contribution in [2.75, 3.05) is 5.43 Å². The van der Waals surface area contributed by atoms with E-state index in [0.717, 1.165) is 16.4 Å². The maximum absolute atomic E-state index is 6.00. The zero-order valence-corrected chi connectivity index (χ0v) is 11.3. The number of aromatic nitrogens is 1. The number of hydrogen-bond donors (Lipinski definition) is 1. The Morgan fingerprint density at radius 2 is 2.24 bits per heavy atom. The molecule has 0 spiro atoms. The van der Waals surface area contributed by atoms with E-state index in [4.69, 9.17) is 23.2 Å². The van der Waals surface area contributed by atoms with Crippen molar-refractivity contribution in [1.29, 1.82) is 0 Å². The number of nitrogens with one attached hydrogen (secondary N) is 1. The summed E-state index contributed by atoms with van der Waals surface area (Å²) in [5.41, 5.74) is 4.61. The third-order valence-corrected chi connectivity index (χ3v) is 3.37. The van der Waals surface area contributed by atoms with Crippen LogP contribution in [-0.4, -0.2) is 11.2 Å². The fraction of sp³-hybridized carbons (Fsp3) is 0.0909. The van der Waals surface area contributed by atoms with Crippen LogP contribution in [0.25, 0.3) is 0 Å². The van der Waals surface area contributed by atoms with E-state index in [-0.39, 0.29) is 0 Å². The van der Waals surface area contributed by atoms with Gasteiger partial charge in [-0.3, -0.25) is 5.43 Å². The lowest BCUT2D eigenvalue weighted by Gasteiger charge is -1.98. The van der Waals surface area contributed by atoms with Crippen molar-refractivity contribution in [3.05, 3.63) is 44.9 Å². The van der Waals surface area contributed by atoms with Crippen LogP contribution in [0.5, 0.6) is 0 Å². The first-order valence-electron chi connectivity index (χ1n) is 4.81. The van der Waals surface area contributed by atoms with Crippen molar-refractivity contribution >= 4 is 45.9 Å². The monoisotopic (exact) mass is 285 g/mol. The number of hydrazone groups is 1. The van der Waals surface area contributed by atoms with Crippen LogP contribution in [0, 0.1) is 6.92 Å². The summed E-state index contributed by atoms with van der Waals surface area (Å²) < 4.78 is 0. The summed E-state index contributed by atoms with van der Waals surface area (Å²) in [6.07, 6.45) is 1.63. The number of aryl methyl sites for hydroxylation is 1. The van der Waals surface area contributed by atoms with E-state index in [1.165, 1.54) is 11.3 Å². The average Bonchev–Trinajstić information content (AvgIpc) is 2.68. The lowest BCUT2D eigenvalue weighted by atomic mass is 10.2. The summed E-state index contributed by atoms with van der Waals surface area (Å²) in [5, 5.41) is 7.94. The van der Waals surface area contributed by atoms with Gasteiger partial charge in [0.25, 0.3) is 0 Å². The van der Waals surface area contributed by atoms with Crippen LogP contribution in [0.2, 0.25) is 10.0 Å². The maximum Gasteiger partial charge on any atom is 0.203 e. The summed E-state index contributed by atoms with van der Waals surface area (Å²) in [4.78, 5) is 4.22. The Morgan fingerprint density at radius 3 is 2.88 bits per heavy atom. The fourth-order valence-electron chi connectivity index (χ4n) is 1.17. The third-order valence-electron chi connectivity index (χ3n) is 1.95. The van der Waals surface area contributed by atoms with Crippen molar-refractivity contribution in [3.8, 4) is 0 Å². The fourth-order valence-corrected chi connectivity index (χ4v) is 2.26. The predicted molar refractivity (Wildman–Crippen MR) is 74.5 cm³/mol. The largest absolute Gasteiger partial charge is 0.253 e. The van der Waals surface area contributed by atoms with Crippen LogP contribution in [0.15, 0.2) is 28.7 Å². The van der Waals surface area contributed by atoms with Crippen LogP contribution >= 0.6 is 34.5 Å². The molecule has 0 radical (unpaired) electrons. The second-order valence-electron chi connectivity index (χ2n) is 3.33. The molecule has 0 aliphatic heterocycles. The molecule has 0 bridgehead atoms. The van der Waals surface area contributed by atoms with Crippen molar-refractivity contribution in [3.63, 3.8) is 0 Å². The Kier molecular flexibility index (Phi) is 3.99. The molecule has 0 aliphatic carbocycles. The molecule has 17 heavy (non-hydrogen) atoms. The number of benzene rings is 1. The number of thiazole rings is 1. The van der Waals surface area contributed by atoms with E-state index in [2.05, 4.69) is 15.5 Å². The second kappa shape index (κ2) is 5.49. The Balaban J connectivity index is 2.05. The summed E-state index contributed by atoms with van der Waals surface area (Å²) >= 11 is 13.3.